The number of hydrogen-bond donors (Lipinski definition) is 6. The number of hydrogen-bond acceptors (Lipinski definition) is 8. The van der Waals surface area contributed by atoms with Crippen LogP contribution in [0, 0.1) is 0 Å². The third-order valence-corrected chi connectivity index (χ3v) is 9.19. The van der Waals surface area contributed by atoms with Gasteiger partial charge in [-0.25, -0.2) is 4.79 Å². The Kier molecular flexibility index (Phi) is 11.8. The van der Waals surface area contributed by atoms with E-state index in [1.165, 1.54) is 17.7 Å². The number of fused-ring (bicyclic) bond motifs is 1. The third kappa shape index (κ3) is 9.29. The number of para-hydroxylation sites is 1. The van der Waals surface area contributed by atoms with Crippen LogP contribution in [0.4, 0.5) is 16.2 Å². The number of amides is 1. The first-order valence-electron chi connectivity index (χ1n) is 17.3. The number of H-pyrrole nitrogens is 1. The summed E-state index contributed by atoms with van der Waals surface area (Å²) in [5.41, 5.74) is 5.72. The molecule has 1 saturated heterocycles. The van der Waals surface area contributed by atoms with Gasteiger partial charge in [-0.2, -0.15) is 0 Å². The molecular formula is C40H45N5O5. The number of phenolic OH excluding ortho intramolecular Hbond substituents is 1. The van der Waals surface area contributed by atoms with Gasteiger partial charge in [0.25, 0.3) is 0 Å². The number of carbonyl (C=O) groups excluding carboxylic acids is 1. The number of anilines is 2. The van der Waals surface area contributed by atoms with Gasteiger partial charge in [0.15, 0.2) is 0 Å². The number of nitrogens with zero attached hydrogens (tertiary/aromatic N) is 1. The number of aromatic hydroxyl groups is 1. The Morgan fingerprint density at radius 3 is 2.46 bits per heavy atom. The molecule has 6 N–H and O–H groups in total. The van der Waals surface area contributed by atoms with Crippen LogP contribution in [-0.2, 0) is 11.2 Å². The molecule has 0 radical (unpaired) electrons. The van der Waals surface area contributed by atoms with Crippen LogP contribution in [0.5, 0.6) is 5.75 Å². The maximum absolute atomic E-state index is 12.7. The van der Waals surface area contributed by atoms with Crippen LogP contribution in [-0.4, -0.2) is 71.6 Å². The monoisotopic (exact) mass is 675 g/mol. The van der Waals surface area contributed by atoms with Gasteiger partial charge in [0, 0.05) is 48.9 Å². The number of aliphatic hydroxyl groups is 1. The molecule has 0 bridgehead atoms. The van der Waals surface area contributed by atoms with E-state index in [2.05, 4.69) is 50.1 Å². The molecule has 1 aliphatic heterocycles. The number of benzene rings is 4. The van der Waals surface area contributed by atoms with Crippen molar-refractivity contribution in [3.8, 4) is 16.9 Å². The maximum Gasteiger partial charge on any atom is 0.411 e. The molecule has 1 fully saturated rings. The van der Waals surface area contributed by atoms with Crippen LogP contribution < -0.4 is 21.5 Å². The quantitative estimate of drug-likeness (QED) is 0.0757. The number of pyridine rings is 1. The zero-order valence-electron chi connectivity index (χ0n) is 28.1. The van der Waals surface area contributed by atoms with Gasteiger partial charge in [-0.1, -0.05) is 66.7 Å². The predicted molar refractivity (Wildman–Crippen MR) is 199 cm³/mol. The average molecular weight is 676 g/mol. The highest BCUT2D eigenvalue weighted by molar-refractivity contribution is 5.91. The van der Waals surface area contributed by atoms with E-state index in [-0.39, 0.29) is 17.4 Å². The van der Waals surface area contributed by atoms with Gasteiger partial charge in [-0.15, -0.1) is 0 Å². The second kappa shape index (κ2) is 17.0. The van der Waals surface area contributed by atoms with Crippen LogP contribution in [0.1, 0.15) is 36.5 Å². The fourth-order valence-corrected chi connectivity index (χ4v) is 6.46. The predicted octanol–water partition coefficient (Wildman–Crippen LogP) is 6.28. The van der Waals surface area contributed by atoms with E-state index in [4.69, 9.17) is 4.74 Å². The molecule has 2 heterocycles. The molecule has 0 saturated carbocycles. The van der Waals surface area contributed by atoms with Crippen LogP contribution in [0.2, 0.25) is 0 Å². The van der Waals surface area contributed by atoms with Gasteiger partial charge in [0.2, 0.25) is 5.56 Å². The number of piperidine rings is 1. The van der Waals surface area contributed by atoms with Crippen molar-refractivity contribution in [1.82, 2.24) is 15.2 Å². The first-order chi connectivity index (χ1) is 24.4. The number of nitrogens with one attached hydrogen (secondary N) is 4. The summed E-state index contributed by atoms with van der Waals surface area (Å²) < 4.78 is 5.79. The molecule has 4 aromatic carbocycles. The highest BCUT2D eigenvalue weighted by Crippen LogP contribution is 2.29. The molecule has 10 heteroatoms. The second-order valence-corrected chi connectivity index (χ2v) is 12.7. The summed E-state index contributed by atoms with van der Waals surface area (Å²) in [4.78, 5) is 29.4. The minimum absolute atomic E-state index is 0.0212. The molecule has 1 amide bonds. The lowest BCUT2D eigenvalue weighted by molar-refractivity contribution is 0.0589. The summed E-state index contributed by atoms with van der Waals surface area (Å²) >= 11 is 0. The largest absolute Gasteiger partial charge is 0.506 e. The molecule has 5 aromatic rings. The Morgan fingerprint density at radius 2 is 1.66 bits per heavy atom. The molecule has 1 atom stereocenters. The van der Waals surface area contributed by atoms with Gasteiger partial charge >= 0.3 is 6.09 Å². The fourth-order valence-electron chi connectivity index (χ4n) is 6.46. The van der Waals surface area contributed by atoms with Crippen LogP contribution in [0.15, 0.2) is 108 Å². The van der Waals surface area contributed by atoms with Gasteiger partial charge in [-0.3, -0.25) is 10.1 Å². The van der Waals surface area contributed by atoms with Gasteiger partial charge in [0.05, 0.1) is 17.3 Å². The summed E-state index contributed by atoms with van der Waals surface area (Å²) in [6, 6.07) is 32.4. The molecule has 0 unspecified atom stereocenters. The van der Waals surface area contributed by atoms with Crippen molar-refractivity contribution in [2.45, 2.75) is 37.9 Å². The SMILES string of the molecule is O=C(Nc1ccccc1-c1ccccc1)OC1CCN(CCCNc2ccc(CCNC[C@H](O)c3ccc(O)c4[nH]c(=O)ccc34)cc2)CC1. The Bertz CT molecular complexity index is 1910. The fraction of sp³-hybridized carbons (Fsp3) is 0.300. The summed E-state index contributed by atoms with van der Waals surface area (Å²) in [6.07, 6.45) is 2.22. The van der Waals surface area contributed by atoms with Crippen LogP contribution in [0.3, 0.4) is 0 Å². The van der Waals surface area contributed by atoms with Crippen molar-refractivity contribution in [1.29, 1.82) is 0 Å². The molecule has 0 aliphatic carbocycles. The van der Waals surface area contributed by atoms with Crippen molar-refractivity contribution >= 4 is 28.4 Å². The highest BCUT2D eigenvalue weighted by atomic mass is 16.6. The van der Waals surface area contributed by atoms with Crippen molar-refractivity contribution in [3.63, 3.8) is 0 Å². The van der Waals surface area contributed by atoms with Crippen molar-refractivity contribution in [2.75, 3.05) is 49.9 Å². The van der Waals surface area contributed by atoms with E-state index in [1.807, 2.05) is 54.6 Å². The molecule has 1 aromatic heterocycles. The summed E-state index contributed by atoms with van der Waals surface area (Å²) in [5, 5.41) is 31.2. The van der Waals surface area contributed by atoms with Crippen molar-refractivity contribution in [2.24, 2.45) is 0 Å². The van der Waals surface area contributed by atoms with Gasteiger partial charge < -0.3 is 35.5 Å². The number of aromatic nitrogens is 1. The van der Waals surface area contributed by atoms with Crippen molar-refractivity contribution < 1.29 is 19.7 Å². The second-order valence-electron chi connectivity index (χ2n) is 12.7. The zero-order valence-corrected chi connectivity index (χ0v) is 28.1. The lowest BCUT2D eigenvalue weighted by Gasteiger charge is -2.31. The number of likely N-dealkylation sites (tertiary alicyclic amines) is 1. The average Bonchev–Trinajstić information content (AvgIpc) is 3.14. The number of aliphatic hydroxyl groups excluding tert-OH is 1. The van der Waals surface area contributed by atoms with Crippen LogP contribution in [0.25, 0.3) is 22.0 Å². The first-order valence-corrected chi connectivity index (χ1v) is 17.3. The summed E-state index contributed by atoms with van der Waals surface area (Å²) in [7, 11) is 0. The topological polar surface area (TPSA) is 139 Å². The first kappa shape index (κ1) is 34.7. The molecule has 1 aliphatic rings. The number of rotatable bonds is 14. The van der Waals surface area contributed by atoms with E-state index in [0.29, 0.717) is 29.6 Å². The summed E-state index contributed by atoms with van der Waals surface area (Å²) in [6.45, 7) is 4.73. The van der Waals surface area contributed by atoms with Gasteiger partial charge in [-0.05, 0) is 85.8 Å². The Morgan fingerprint density at radius 1 is 0.900 bits per heavy atom. The molecule has 50 heavy (non-hydrogen) atoms. The Labute approximate surface area is 292 Å². The minimum atomic E-state index is -0.782. The Hall–Kier alpha value is -5.16. The van der Waals surface area contributed by atoms with Crippen LogP contribution >= 0.6 is 0 Å². The van der Waals surface area contributed by atoms with E-state index in [0.717, 1.165) is 74.4 Å². The van der Waals surface area contributed by atoms with E-state index >= 15 is 0 Å². The normalized spacial score (nSPS) is 14.3. The smallest absolute Gasteiger partial charge is 0.411 e. The number of phenols is 1. The number of ether oxygens (including phenoxy) is 1. The molecule has 6 rings (SSSR count). The minimum Gasteiger partial charge on any atom is -0.506 e. The number of aromatic amines is 1. The molecular weight excluding hydrogens is 630 g/mol. The lowest BCUT2D eigenvalue weighted by atomic mass is 10.0. The van der Waals surface area contributed by atoms with E-state index in [9.17, 15) is 19.8 Å². The lowest BCUT2D eigenvalue weighted by Crippen LogP contribution is -2.39. The molecule has 0 spiro atoms. The Balaban J connectivity index is 0.846. The highest BCUT2D eigenvalue weighted by Gasteiger charge is 2.22. The zero-order chi connectivity index (χ0) is 34.7. The van der Waals surface area contributed by atoms with E-state index in [1.54, 1.807) is 12.1 Å². The standard InChI is InChI=1S/C40H45N5O5/c46-36-17-15-33(34-16-18-38(48)44-39(34)36)37(47)27-41-23-19-28-11-13-30(14-12-28)42-22-6-24-45-25-20-31(21-26-45)50-40(49)43-35-10-5-4-9-32(35)29-7-2-1-3-8-29/h1-5,7-18,31,37,41-42,46-47H,6,19-27H2,(H,43,49)(H,44,48)/t37-/m0/s1. The van der Waals surface area contributed by atoms with E-state index < -0.39 is 12.2 Å². The number of carbonyl (C=O) groups is 1. The maximum atomic E-state index is 12.7. The molecule has 260 valence electrons. The van der Waals surface area contributed by atoms with Crippen molar-refractivity contribution in [3.05, 3.63) is 125 Å². The molecule has 10 nitrogen and oxygen atoms in total. The third-order valence-electron chi connectivity index (χ3n) is 9.19. The summed E-state index contributed by atoms with van der Waals surface area (Å²) in [5.74, 6) is -0.0212. The van der Waals surface area contributed by atoms with Gasteiger partial charge in [0.1, 0.15) is 11.9 Å².